The van der Waals surface area contributed by atoms with Crippen LogP contribution >= 0.6 is 0 Å². The molecule has 0 amide bonds. The van der Waals surface area contributed by atoms with E-state index in [2.05, 4.69) is 54.9 Å². The molecule has 138 valence electrons. The van der Waals surface area contributed by atoms with Crippen LogP contribution in [-0.2, 0) is 9.59 Å². The minimum atomic E-state index is 0.590. The first-order chi connectivity index (χ1) is 11.6. The van der Waals surface area contributed by atoms with Gasteiger partial charge in [0.05, 0.1) is 0 Å². The van der Waals surface area contributed by atoms with Crippen molar-refractivity contribution in [1.82, 2.24) is 16.0 Å². The Balaban J connectivity index is 0. The van der Waals surface area contributed by atoms with Gasteiger partial charge >= 0.3 is 0 Å². The maximum absolute atomic E-state index is 8.00. The van der Waals surface area contributed by atoms with Gasteiger partial charge in [0.25, 0.3) is 0 Å². The van der Waals surface area contributed by atoms with E-state index < -0.39 is 0 Å². The summed E-state index contributed by atoms with van der Waals surface area (Å²) in [5.41, 5.74) is 4.29. The van der Waals surface area contributed by atoms with E-state index in [-0.39, 0.29) is 0 Å². The van der Waals surface area contributed by atoms with Gasteiger partial charge in [0.15, 0.2) is 0 Å². The lowest BCUT2D eigenvalue weighted by molar-refractivity contribution is -0.0987. The molecule has 0 radical (unpaired) electrons. The first kappa shape index (κ1) is 24.7. The molecule has 0 aromatic heterocycles. The van der Waals surface area contributed by atoms with Gasteiger partial charge in [-0.1, -0.05) is 25.1 Å². The number of rotatable bonds is 4. The highest BCUT2D eigenvalue weighted by Gasteiger charge is 2.27. The number of likely N-dealkylation sites (N-methyl/N-ethyl adjacent to an activating group) is 1. The summed E-state index contributed by atoms with van der Waals surface area (Å²) in [5, 5.41) is 9.78. The molecule has 0 aliphatic carbocycles. The molecule has 24 heavy (non-hydrogen) atoms. The molecule has 1 saturated heterocycles. The van der Waals surface area contributed by atoms with Crippen molar-refractivity contribution in [2.75, 3.05) is 33.7 Å². The summed E-state index contributed by atoms with van der Waals surface area (Å²) in [6.45, 7) is 13.7. The van der Waals surface area contributed by atoms with Gasteiger partial charge in [-0.25, -0.2) is 0 Å². The Labute approximate surface area is 147 Å². The molecule has 3 N–H and O–H groups in total. The van der Waals surface area contributed by atoms with Gasteiger partial charge in [0, 0.05) is 18.5 Å². The zero-order chi connectivity index (χ0) is 19.0. The van der Waals surface area contributed by atoms with Crippen LogP contribution in [0.5, 0.6) is 0 Å². The molecule has 1 aliphatic rings. The first-order valence-electron chi connectivity index (χ1n) is 8.31. The molecule has 1 unspecified atom stereocenters. The van der Waals surface area contributed by atoms with Gasteiger partial charge < -0.3 is 25.5 Å². The normalized spacial score (nSPS) is 18.2. The van der Waals surface area contributed by atoms with Gasteiger partial charge in [0.2, 0.25) is 0 Å². The van der Waals surface area contributed by atoms with Crippen molar-refractivity contribution in [3.63, 3.8) is 0 Å². The summed E-state index contributed by atoms with van der Waals surface area (Å²) in [6.07, 6.45) is 1.26. The Morgan fingerprint density at radius 1 is 1.08 bits per heavy atom. The van der Waals surface area contributed by atoms with Crippen molar-refractivity contribution < 1.29 is 9.59 Å². The van der Waals surface area contributed by atoms with Crippen molar-refractivity contribution in [3.05, 3.63) is 34.9 Å². The number of carbonyl (C=O) groups excluding carboxylic acids is 2. The smallest absolute Gasteiger partial charge is 0.106 e. The van der Waals surface area contributed by atoms with E-state index >= 15 is 0 Å². The minimum Gasteiger partial charge on any atom is -0.320 e. The third-order valence-corrected chi connectivity index (χ3v) is 4.08. The summed E-state index contributed by atoms with van der Waals surface area (Å²) in [6, 6.07) is 7.49. The number of hydrogen-bond donors (Lipinski definition) is 3. The van der Waals surface area contributed by atoms with Gasteiger partial charge in [-0.05, 0) is 64.1 Å². The van der Waals surface area contributed by atoms with Crippen molar-refractivity contribution in [2.45, 2.75) is 39.2 Å². The Bertz CT molecular complexity index is 423. The minimum absolute atomic E-state index is 0.590. The van der Waals surface area contributed by atoms with Crippen LogP contribution in [0.25, 0.3) is 0 Å². The quantitative estimate of drug-likeness (QED) is 0.782. The molecule has 2 rings (SSSR count). The van der Waals surface area contributed by atoms with Crippen molar-refractivity contribution in [2.24, 2.45) is 0 Å². The van der Waals surface area contributed by atoms with Gasteiger partial charge in [-0.3, -0.25) is 0 Å². The lowest BCUT2D eigenvalue weighted by atomic mass is 9.90. The van der Waals surface area contributed by atoms with E-state index in [0.717, 1.165) is 19.6 Å². The fraction of sp³-hybridized carbons (Fsp3) is 0.579. The van der Waals surface area contributed by atoms with E-state index in [1.165, 1.54) is 23.1 Å². The fourth-order valence-electron chi connectivity index (χ4n) is 2.60. The number of nitrogens with one attached hydrogen (secondary N) is 3. The largest absolute Gasteiger partial charge is 0.320 e. The van der Waals surface area contributed by atoms with Gasteiger partial charge in [0.1, 0.15) is 13.6 Å². The average Bonchev–Trinajstić information content (AvgIpc) is 3.10. The van der Waals surface area contributed by atoms with Crippen molar-refractivity contribution in [3.8, 4) is 0 Å². The second-order valence-electron chi connectivity index (χ2n) is 5.56. The van der Waals surface area contributed by atoms with E-state index in [1.54, 1.807) is 0 Å². The average molecular weight is 338 g/mol. The highest BCUT2D eigenvalue weighted by atomic mass is 16.1. The summed E-state index contributed by atoms with van der Waals surface area (Å²) in [4.78, 5) is 16.0. The lowest BCUT2D eigenvalue weighted by Crippen LogP contribution is -2.35. The van der Waals surface area contributed by atoms with Crippen LogP contribution in [-0.4, -0.2) is 53.3 Å². The van der Waals surface area contributed by atoms with Crippen LogP contribution in [0.2, 0.25) is 0 Å². The molecular formula is C19H35N3O2. The molecule has 2 atom stereocenters. The van der Waals surface area contributed by atoms with Crippen molar-refractivity contribution >= 4 is 13.6 Å². The topological polar surface area (TPSA) is 70.2 Å². The Morgan fingerprint density at radius 2 is 1.67 bits per heavy atom. The molecule has 1 heterocycles. The van der Waals surface area contributed by atoms with E-state index in [1.807, 2.05) is 27.7 Å². The van der Waals surface area contributed by atoms with E-state index in [0.29, 0.717) is 12.0 Å². The molecule has 1 fully saturated rings. The second-order valence-corrected chi connectivity index (χ2v) is 5.56. The second kappa shape index (κ2) is 16.3. The first-order valence-corrected chi connectivity index (χ1v) is 8.31. The molecular weight excluding hydrogens is 302 g/mol. The Kier molecular flexibility index (Phi) is 16.8. The highest BCUT2D eigenvalue weighted by Crippen LogP contribution is 2.28. The van der Waals surface area contributed by atoms with E-state index in [4.69, 9.17) is 9.59 Å². The van der Waals surface area contributed by atoms with Crippen LogP contribution in [0.1, 0.15) is 36.0 Å². The maximum Gasteiger partial charge on any atom is 0.106 e. The van der Waals surface area contributed by atoms with E-state index in [9.17, 15) is 0 Å². The predicted molar refractivity (Wildman–Crippen MR) is 103 cm³/mol. The number of hydrogen-bond acceptors (Lipinski definition) is 5. The van der Waals surface area contributed by atoms with Crippen LogP contribution < -0.4 is 16.0 Å². The maximum atomic E-state index is 8.00. The standard InChI is InChI=1S/C14H22N2.C3H9N.2CH2O/c1-10-4-5-12(8-11(10)2)13-6-7-16-14(13)9-15-3;1-3-4-2;2*1-2/h4-5,8,13-16H,6-7,9H2,1-3H3;4H,3H2,1-2H3;2*1H2/t13?,14-;;;/m1.../s1. The number of benzene rings is 1. The molecule has 0 saturated carbocycles. The van der Waals surface area contributed by atoms with Gasteiger partial charge in [-0.15, -0.1) is 0 Å². The summed E-state index contributed by atoms with van der Waals surface area (Å²) >= 11 is 0. The van der Waals surface area contributed by atoms with Crippen LogP contribution in [0.4, 0.5) is 0 Å². The van der Waals surface area contributed by atoms with Crippen LogP contribution in [0.3, 0.4) is 0 Å². The SMILES string of the molecule is C=O.C=O.CCNC.CNC[C@H]1NCCC1c1ccc(C)c(C)c1. The third kappa shape index (κ3) is 8.91. The highest BCUT2D eigenvalue weighted by molar-refractivity contribution is 5.33. The Morgan fingerprint density at radius 3 is 2.12 bits per heavy atom. The zero-order valence-electron chi connectivity index (χ0n) is 15.9. The molecule has 1 aliphatic heterocycles. The predicted octanol–water partition coefficient (Wildman–Crippen LogP) is 1.82. The molecule has 1 aromatic carbocycles. The number of aryl methyl sites for hydroxylation is 2. The summed E-state index contributed by atoms with van der Waals surface area (Å²) in [7, 11) is 3.96. The zero-order valence-corrected chi connectivity index (χ0v) is 15.9. The third-order valence-electron chi connectivity index (χ3n) is 4.08. The number of carbonyl (C=O) groups is 2. The fourth-order valence-corrected chi connectivity index (χ4v) is 2.60. The summed E-state index contributed by atoms with van der Waals surface area (Å²) in [5.74, 6) is 0.673. The molecule has 5 heteroatoms. The van der Waals surface area contributed by atoms with Crippen LogP contribution in [0.15, 0.2) is 18.2 Å². The molecule has 0 bridgehead atoms. The monoisotopic (exact) mass is 337 g/mol. The van der Waals surface area contributed by atoms with Gasteiger partial charge in [-0.2, -0.15) is 0 Å². The Hall–Kier alpha value is -1.56. The van der Waals surface area contributed by atoms with Crippen molar-refractivity contribution in [1.29, 1.82) is 0 Å². The molecule has 1 aromatic rings. The summed E-state index contributed by atoms with van der Waals surface area (Å²) < 4.78 is 0. The lowest BCUT2D eigenvalue weighted by Gasteiger charge is -2.20. The molecule has 5 nitrogen and oxygen atoms in total. The molecule has 0 spiro atoms. The van der Waals surface area contributed by atoms with Crippen LogP contribution in [0, 0.1) is 13.8 Å².